The average Bonchev–Trinajstić information content (AvgIpc) is 3.72. The molecule has 0 aliphatic heterocycles. The highest BCUT2D eigenvalue weighted by Crippen LogP contribution is 2.59. The molecule has 2 heteroatoms. The highest BCUT2D eigenvalue weighted by atomic mass is 28.4. The van der Waals surface area contributed by atoms with E-state index in [0.717, 1.165) is 24.9 Å². The van der Waals surface area contributed by atoms with Crippen LogP contribution in [-0.2, 0) is 4.43 Å². The molecular formula is C41H46OSi. The fourth-order valence-corrected chi connectivity index (χ4v) is 13.2. The molecule has 220 valence electrons. The number of fused-ring (bicyclic) bond motifs is 2. The minimum Gasteiger partial charge on any atom is -0.404 e. The zero-order chi connectivity index (χ0) is 29.1. The second-order valence-electron chi connectivity index (χ2n) is 13.6. The molecule has 43 heavy (non-hydrogen) atoms. The van der Waals surface area contributed by atoms with Crippen LogP contribution in [0.3, 0.4) is 0 Å². The SMILES string of the molecule is CC(CCCO[Si](c1ccccc1)(c1ccccc1)c1ccccc1)(C1CCC2CC=CC=C21)C1CCC2CC=CC=C21. The van der Waals surface area contributed by atoms with Crippen molar-refractivity contribution in [3.8, 4) is 0 Å². The van der Waals surface area contributed by atoms with Gasteiger partial charge in [0.15, 0.2) is 0 Å². The van der Waals surface area contributed by atoms with Gasteiger partial charge in [-0.05, 0) is 96.0 Å². The molecule has 0 bridgehead atoms. The summed E-state index contributed by atoms with van der Waals surface area (Å²) in [5.74, 6) is 2.88. The lowest BCUT2D eigenvalue weighted by molar-refractivity contribution is 0.115. The van der Waals surface area contributed by atoms with Crippen molar-refractivity contribution in [2.45, 2.75) is 58.3 Å². The Labute approximate surface area is 260 Å². The molecule has 0 aromatic heterocycles. The van der Waals surface area contributed by atoms with Crippen molar-refractivity contribution in [2.24, 2.45) is 29.1 Å². The Morgan fingerprint density at radius 1 is 0.628 bits per heavy atom. The molecule has 2 fully saturated rings. The van der Waals surface area contributed by atoms with Gasteiger partial charge >= 0.3 is 0 Å². The molecule has 3 aromatic carbocycles. The Morgan fingerprint density at radius 2 is 1.07 bits per heavy atom. The van der Waals surface area contributed by atoms with Crippen LogP contribution >= 0.6 is 0 Å². The van der Waals surface area contributed by atoms with E-state index in [0.29, 0.717) is 11.8 Å². The van der Waals surface area contributed by atoms with Gasteiger partial charge in [0, 0.05) is 6.61 Å². The molecule has 0 amide bonds. The monoisotopic (exact) mass is 582 g/mol. The molecule has 4 atom stereocenters. The van der Waals surface area contributed by atoms with E-state index in [9.17, 15) is 0 Å². The molecule has 2 saturated carbocycles. The van der Waals surface area contributed by atoms with E-state index in [1.54, 1.807) is 11.1 Å². The maximum atomic E-state index is 7.41. The number of hydrogen-bond donors (Lipinski definition) is 0. The van der Waals surface area contributed by atoms with Crippen molar-refractivity contribution < 1.29 is 4.43 Å². The van der Waals surface area contributed by atoms with E-state index in [2.05, 4.69) is 134 Å². The summed E-state index contributed by atoms with van der Waals surface area (Å²) in [5.41, 5.74) is 3.77. The van der Waals surface area contributed by atoms with Crippen molar-refractivity contribution in [1.82, 2.24) is 0 Å². The van der Waals surface area contributed by atoms with E-state index < -0.39 is 8.32 Å². The molecule has 0 radical (unpaired) electrons. The Morgan fingerprint density at radius 3 is 1.51 bits per heavy atom. The van der Waals surface area contributed by atoms with Gasteiger partial charge in [0.2, 0.25) is 0 Å². The van der Waals surface area contributed by atoms with Gasteiger partial charge in [-0.3, -0.25) is 0 Å². The highest BCUT2D eigenvalue weighted by molar-refractivity contribution is 7.07. The molecule has 4 aliphatic carbocycles. The second-order valence-corrected chi connectivity index (χ2v) is 16.9. The van der Waals surface area contributed by atoms with Crippen LogP contribution in [0.1, 0.15) is 58.3 Å². The smallest absolute Gasteiger partial charge is 0.288 e. The third kappa shape index (κ3) is 5.27. The fourth-order valence-electron chi connectivity index (χ4n) is 9.29. The lowest BCUT2D eigenvalue weighted by Gasteiger charge is -2.44. The van der Waals surface area contributed by atoms with Crippen LogP contribution in [-0.4, -0.2) is 14.9 Å². The maximum Gasteiger partial charge on any atom is 0.288 e. The minimum absolute atomic E-state index is 0.261. The van der Waals surface area contributed by atoms with Crippen LogP contribution in [0.15, 0.2) is 139 Å². The number of hydrogen-bond acceptors (Lipinski definition) is 1. The highest BCUT2D eigenvalue weighted by Gasteiger charge is 2.50. The molecule has 1 nitrogen and oxygen atoms in total. The predicted octanol–water partition coefficient (Wildman–Crippen LogP) is 8.28. The van der Waals surface area contributed by atoms with Gasteiger partial charge < -0.3 is 4.43 Å². The van der Waals surface area contributed by atoms with E-state index in [4.69, 9.17) is 4.43 Å². The van der Waals surface area contributed by atoms with Crippen LogP contribution in [0.2, 0.25) is 0 Å². The lowest BCUT2D eigenvalue weighted by atomic mass is 9.60. The third-order valence-electron chi connectivity index (χ3n) is 11.4. The van der Waals surface area contributed by atoms with Crippen molar-refractivity contribution in [3.05, 3.63) is 139 Å². The number of rotatable bonds is 10. The summed E-state index contributed by atoms with van der Waals surface area (Å²) >= 11 is 0. The van der Waals surface area contributed by atoms with Crippen molar-refractivity contribution in [3.63, 3.8) is 0 Å². The average molecular weight is 583 g/mol. The van der Waals surface area contributed by atoms with Gasteiger partial charge in [-0.25, -0.2) is 0 Å². The number of allylic oxidation sites excluding steroid dienone is 8. The van der Waals surface area contributed by atoms with E-state index in [1.165, 1.54) is 60.5 Å². The molecule has 3 aromatic rings. The van der Waals surface area contributed by atoms with E-state index >= 15 is 0 Å². The Bertz CT molecular complexity index is 1360. The normalized spacial score (nSPS) is 25.9. The first-order valence-electron chi connectivity index (χ1n) is 16.7. The Hall–Kier alpha value is -3.20. The van der Waals surface area contributed by atoms with Gasteiger partial charge in [-0.2, -0.15) is 0 Å². The molecule has 4 aliphatic rings. The summed E-state index contributed by atoms with van der Waals surface area (Å²) in [5, 5.41) is 3.97. The van der Waals surface area contributed by atoms with Crippen LogP contribution in [0.25, 0.3) is 0 Å². The van der Waals surface area contributed by atoms with E-state index in [1.807, 2.05) is 0 Å². The first-order valence-corrected chi connectivity index (χ1v) is 18.6. The quantitative estimate of drug-likeness (QED) is 0.133. The van der Waals surface area contributed by atoms with Gasteiger partial charge in [-0.1, -0.05) is 146 Å². The van der Waals surface area contributed by atoms with Crippen LogP contribution in [0.4, 0.5) is 0 Å². The molecular weight excluding hydrogens is 537 g/mol. The van der Waals surface area contributed by atoms with Crippen LogP contribution in [0, 0.1) is 29.1 Å². The molecule has 0 heterocycles. The third-order valence-corrected chi connectivity index (χ3v) is 15.4. The Balaban J connectivity index is 1.21. The summed E-state index contributed by atoms with van der Waals surface area (Å²) in [6, 6.07) is 33.2. The molecule has 0 saturated heterocycles. The lowest BCUT2D eigenvalue weighted by Crippen LogP contribution is -2.69. The molecule has 4 unspecified atom stereocenters. The summed E-state index contributed by atoms with van der Waals surface area (Å²) in [6.07, 6.45) is 24.6. The standard InChI is InChI=1S/C41H46OSi/c1-41(39-28-26-32-16-11-13-24-37(32)39,40-29-27-33-17-12-14-25-38(33)40)30-15-31-42-43(34-18-5-2-6-19-34,35-20-7-3-8-21-35)36-22-9-4-10-23-36/h2-14,18-25,32-33,39-40H,15-17,26-31H2,1H3. The second kappa shape index (κ2) is 12.4. The minimum atomic E-state index is -2.68. The van der Waals surface area contributed by atoms with Crippen molar-refractivity contribution in [2.75, 3.05) is 6.61 Å². The van der Waals surface area contributed by atoms with Gasteiger partial charge in [0.1, 0.15) is 0 Å². The predicted molar refractivity (Wildman–Crippen MR) is 183 cm³/mol. The van der Waals surface area contributed by atoms with E-state index in [-0.39, 0.29) is 5.41 Å². The zero-order valence-electron chi connectivity index (χ0n) is 25.7. The molecule has 0 N–H and O–H groups in total. The first kappa shape index (κ1) is 28.6. The van der Waals surface area contributed by atoms with Crippen LogP contribution in [0.5, 0.6) is 0 Å². The number of benzene rings is 3. The first-order chi connectivity index (χ1) is 21.2. The largest absolute Gasteiger partial charge is 0.404 e. The summed E-state index contributed by atoms with van der Waals surface area (Å²) in [4.78, 5) is 0. The van der Waals surface area contributed by atoms with Gasteiger partial charge in [0.25, 0.3) is 8.32 Å². The topological polar surface area (TPSA) is 9.23 Å². The van der Waals surface area contributed by atoms with Crippen LogP contribution < -0.4 is 15.6 Å². The summed E-state index contributed by atoms with van der Waals surface area (Å²) in [6.45, 7) is 3.45. The molecule has 7 rings (SSSR count). The Kier molecular flexibility index (Phi) is 8.25. The summed E-state index contributed by atoms with van der Waals surface area (Å²) in [7, 11) is -2.68. The van der Waals surface area contributed by atoms with Crippen molar-refractivity contribution in [1.29, 1.82) is 0 Å². The summed E-state index contributed by atoms with van der Waals surface area (Å²) < 4.78 is 7.41. The maximum absolute atomic E-state index is 7.41. The molecule has 0 spiro atoms. The fraction of sp³-hybridized carbons (Fsp3) is 0.366. The zero-order valence-corrected chi connectivity index (χ0v) is 26.7. The van der Waals surface area contributed by atoms with Gasteiger partial charge in [0.05, 0.1) is 0 Å². The van der Waals surface area contributed by atoms with Gasteiger partial charge in [-0.15, -0.1) is 0 Å². The van der Waals surface area contributed by atoms with Crippen molar-refractivity contribution >= 4 is 23.9 Å².